The van der Waals surface area contributed by atoms with Gasteiger partial charge in [-0.3, -0.25) is 14.8 Å². The van der Waals surface area contributed by atoms with E-state index in [1.165, 1.54) is 11.1 Å². The predicted molar refractivity (Wildman–Crippen MR) is 98.6 cm³/mol. The first-order valence-corrected chi connectivity index (χ1v) is 9.45. The summed E-state index contributed by atoms with van der Waals surface area (Å²) < 4.78 is 11.2. The summed E-state index contributed by atoms with van der Waals surface area (Å²) in [6.45, 7) is 9.13. The van der Waals surface area contributed by atoms with Crippen LogP contribution in [0.1, 0.15) is 29.0 Å². The Balaban J connectivity index is 1.50. The highest BCUT2D eigenvalue weighted by molar-refractivity contribution is 5.21. The second-order valence-corrected chi connectivity index (χ2v) is 7.62. The van der Waals surface area contributed by atoms with Crippen molar-refractivity contribution < 1.29 is 9.26 Å². The van der Waals surface area contributed by atoms with Gasteiger partial charge in [-0.05, 0) is 31.9 Å². The number of rotatable bonds is 5. The minimum Gasteiger partial charge on any atom is -0.381 e. The van der Waals surface area contributed by atoms with Gasteiger partial charge in [0.05, 0.1) is 11.8 Å². The average molecular weight is 356 g/mol. The molecule has 2 aliphatic heterocycles. The Morgan fingerprint density at radius 3 is 2.85 bits per heavy atom. The van der Waals surface area contributed by atoms with Gasteiger partial charge in [-0.25, -0.2) is 0 Å². The Kier molecular flexibility index (Phi) is 5.07. The van der Waals surface area contributed by atoms with Crippen LogP contribution in [0, 0.1) is 19.8 Å². The van der Waals surface area contributed by atoms with Crippen LogP contribution in [0.3, 0.4) is 0 Å². The number of nitrogens with zero attached hydrogens (tertiary/aromatic N) is 4. The summed E-state index contributed by atoms with van der Waals surface area (Å²) in [5.74, 6) is 1.49. The van der Waals surface area contributed by atoms with E-state index in [0.29, 0.717) is 18.1 Å². The fourth-order valence-electron chi connectivity index (χ4n) is 4.62. The van der Waals surface area contributed by atoms with Crippen molar-refractivity contribution >= 4 is 0 Å². The molecule has 0 aromatic carbocycles. The summed E-state index contributed by atoms with van der Waals surface area (Å²) in [4.78, 5) is 9.41. The zero-order valence-corrected chi connectivity index (χ0v) is 15.9. The van der Waals surface area contributed by atoms with Gasteiger partial charge in [-0.15, -0.1) is 0 Å². The number of piperidine rings is 1. The first-order valence-electron chi connectivity index (χ1n) is 9.45. The molecule has 0 unspecified atom stereocenters. The molecule has 0 radical (unpaired) electrons. The molecule has 2 aromatic rings. The molecule has 26 heavy (non-hydrogen) atoms. The van der Waals surface area contributed by atoms with Gasteiger partial charge < -0.3 is 9.26 Å². The third kappa shape index (κ3) is 3.41. The molecule has 0 bridgehead atoms. The zero-order valence-electron chi connectivity index (χ0n) is 15.9. The maximum atomic E-state index is 5.84. The van der Waals surface area contributed by atoms with Gasteiger partial charge in [-0.1, -0.05) is 11.2 Å². The summed E-state index contributed by atoms with van der Waals surface area (Å²) in [5.41, 5.74) is 3.53. The molecule has 0 amide bonds. The van der Waals surface area contributed by atoms with Crippen molar-refractivity contribution in [2.75, 3.05) is 26.7 Å². The fourth-order valence-corrected chi connectivity index (χ4v) is 4.62. The number of hydrogen-bond donors (Lipinski definition) is 0. The van der Waals surface area contributed by atoms with E-state index >= 15 is 0 Å². The van der Waals surface area contributed by atoms with Crippen molar-refractivity contribution in [3.05, 3.63) is 47.1 Å². The van der Waals surface area contributed by atoms with Crippen LogP contribution < -0.4 is 0 Å². The Hall–Kier alpha value is -1.76. The Morgan fingerprint density at radius 1 is 1.27 bits per heavy atom. The lowest BCUT2D eigenvalue weighted by atomic mass is 9.88. The number of likely N-dealkylation sites (tertiary alicyclic amines) is 2. The first kappa shape index (κ1) is 17.6. The standard InChI is InChI=1S/C20H28N4O2/c1-14-17(15(2)26-22-14)12-24-8-6-20(25-3)18-11-23(13-19(18)24)10-16-5-4-7-21-9-16/h4-5,7,9,18-20H,6,8,10-13H2,1-3H3/t18-,19+,20+/m1/s1. The topological polar surface area (TPSA) is 54.6 Å². The van der Waals surface area contributed by atoms with Crippen LogP contribution in [-0.2, 0) is 17.8 Å². The Bertz CT molecular complexity index is 713. The second-order valence-electron chi connectivity index (χ2n) is 7.62. The van der Waals surface area contributed by atoms with Gasteiger partial charge in [-0.2, -0.15) is 0 Å². The van der Waals surface area contributed by atoms with E-state index in [1.807, 2.05) is 39.4 Å². The van der Waals surface area contributed by atoms with Crippen molar-refractivity contribution in [3.8, 4) is 0 Å². The molecular weight excluding hydrogens is 328 g/mol. The maximum absolute atomic E-state index is 5.84. The van der Waals surface area contributed by atoms with Crippen LogP contribution in [0.4, 0.5) is 0 Å². The highest BCUT2D eigenvalue weighted by Crippen LogP contribution is 2.34. The third-order valence-corrected chi connectivity index (χ3v) is 6.03. The van der Waals surface area contributed by atoms with Crippen molar-refractivity contribution in [2.45, 2.75) is 45.5 Å². The van der Waals surface area contributed by atoms with Gasteiger partial charge in [0, 0.05) is 69.8 Å². The molecule has 0 saturated carbocycles. The summed E-state index contributed by atoms with van der Waals surface area (Å²) in [7, 11) is 1.86. The summed E-state index contributed by atoms with van der Waals surface area (Å²) in [6.07, 6.45) is 5.23. The largest absolute Gasteiger partial charge is 0.381 e. The molecule has 0 aliphatic carbocycles. The lowest BCUT2D eigenvalue weighted by Gasteiger charge is -2.41. The number of aromatic nitrogens is 2. The number of hydrogen-bond acceptors (Lipinski definition) is 6. The number of aryl methyl sites for hydroxylation is 2. The lowest BCUT2D eigenvalue weighted by molar-refractivity contribution is -0.0246. The van der Waals surface area contributed by atoms with Gasteiger partial charge in [0.25, 0.3) is 0 Å². The second kappa shape index (κ2) is 7.47. The molecule has 3 atom stereocenters. The molecule has 2 aliphatic rings. The third-order valence-electron chi connectivity index (χ3n) is 6.03. The number of pyridine rings is 1. The van der Waals surface area contributed by atoms with Crippen LogP contribution in [0.2, 0.25) is 0 Å². The van der Waals surface area contributed by atoms with Crippen LogP contribution in [0.25, 0.3) is 0 Å². The van der Waals surface area contributed by atoms with Crippen molar-refractivity contribution in [3.63, 3.8) is 0 Å². The minimum atomic E-state index is 0.347. The molecule has 6 heteroatoms. The van der Waals surface area contributed by atoms with Crippen LogP contribution in [0.5, 0.6) is 0 Å². The fraction of sp³-hybridized carbons (Fsp3) is 0.600. The lowest BCUT2D eigenvalue weighted by Crippen LogP contribution is -2.50. The van der Waals surface area contributed by atoms with Gasteiger partial charge in [0.15, 0.2) is 0 Å². The van der Waals surface area contributed by atoms with Gasteiger partial charge in [0.1, 0.15) is 5.76 Å². The molecule has 2 fully saturated rings. The molecule has 2 aromatic heterocycles. The van der Waals surface area contributed by atoms with Crippen molar-refractivity contribution in [2.24, 2.45) is 5.92 Å². The molecule has 0 N–H and O–H groups in total. The van der Waals surface area contributed by atoms with E-state index in [9.17, 15) is 0 Å². The number of methoxy groups -OCH3 is 1. The molecule has 6 nitrogen and oxygen atoms in total. The zero-order chi connectivity index (χ0) is 18.1. The van der Waals surface area contributed by atoms with Crippen LogP contribution in [-0.4, -0.2) is 58.8 Å². The normalized spacial score (nSPS) is 27.0. The minimum absolute atomic E-state index is 0.347. The monoisotopic (exact) mass is 356 g/mol. The van der Waals surface area contributed by atoms with E-state index in [2.05, 4.69) is 26.0 Å². The van der Waals surface area contributed by atoms with Crippen molar-refractivity contribution in [1.29, 1.82) is 0 Å². The van der Waals surface area contributed by atoms with Crippen molar-refractivity contribution in [1.82, 2.24) is 19.9 Å². The maximum Gasteiger partial charge on any atom is 0.138 e. The molecule has 4 heterocycles. The highest BCUT2D eigenvalue weighted by atomic mass is 16.5. The van der Waals surface area contributed by atoms with E-state index in [0.717, 1.165) is 50.6 Å². The molecule has 140 valence electrons. The average Bonchev–Trinajstić information content (AvgIpc) is 3.21. The molecule has 4 rings (SSSR count). The van der Waals surface area contributed by atoms with Crippen LogP contribution >= 0.6 is 0 Å². The molecular formula is C20H28N4O2. The smallest absolute Gasteiger partial charge is 0.138 e. The van der Waals surface area contributed by atoms with E-state index < -0.39 is 0 Å². The molecule has 2 saturated heterocycles. The number of fused-ring (bicyclic) bond motifs is 1. The summed E-state index contributed by atoms with van der Waals surface area (Å²) in [5, 5.41) is 4.13. The summed E-state index contributed by atoms with van der Waals surface area (Å²) >= 11 is 0. The highest BCUT2D eigenvalue weighted by Gasteiger charge is 2.44. The van der Waals surface area contributed by atoms with Gasteiger partial charge >= 0.3 is 0 Å². The SMILES string of the molecule is CO[C@H]1CCN(Cc2c(C)noc2C)[C@H]2CN(Cc3cccnc3)C[C@@H]12. The number of ether oxygens (including phenoxy) is 1. The Morgan fingerprint density at radius 2 is 2.15 bits per heavy atom. The van der Waals surface area contributed by atoms with E-state index in [1.54, 1.807) is 0 Å². The molecule has 0 spiro atoms. The predicted octanol–water partition coefficient (Wildman–Crippen LogP) is 2.41. The first-order chi connectivity index (χ1) is 12.7. The van der Waals surface area contributed by atoms with Gasteiger partial charge in [0.2, 0.25) is 0 Å². The van der Waals surface area contributed by atoms with E-state index in [-0.39, 0.29) is 0 Å². The van der Waals surface area contributed by atoms with Crippen LogP contribution in [0.15, 0.2) is 29.0 Å². The quantitative estimate of drug-likeness (QED) is 0.820. The van der Waals surface area contributed by atoms with E-state index in [4.69, 9.17) is 9.26 Å². The summed E-state index contributed by atoms with van der Waals surface area (Å²) in [6, 6.07) is 4.68. The Labute approximate surface area is 155 Å².